The van der Waals surface area contributed by atoms with Crippen LogP contribution < -0.4 is 15.0 Å². The Balaban J connectivity index is 2.40. The first-order valence-electron chi connectivity index (χ1n) is 10.9. The van der Waals surface area contributed by atoms with Crippen molar-refractivity contribution in [2.24, 2.45) is 5.92 Å². The van der Waals surface area contributed by atoms with Gasteiger partial charge in [0.25, 0.3) is 0 Å². The Morgan fingerprint density at radius 3 is 2.55 bits per heavy atom. The summed E-state index contributed by atoms with van der Waals surface area (Å²) in [6, 6.07) is 5.42. The summed E-state index contributed by atoms with van der Waals surface area (Å²) in [7, 11) is 5.65. The monoisotopic (exact) mass is 434 g/mol. The van der Waals surface area contributed by atoms with Gasteiger partial charge in [0.2, 0.25) is 5.91 Å². The highest BCUT2D eigenvalue weighted by Gasteiger charge is 2.31. The minimum atomic E-state index is -0.314. The molecule has 0 fully saturated rings. The summed E-state index contributed by atoms with van der Waals surface area (Å²) in [4.78, 5) is 30.9. The number of ether oxygens (including phenoxy) is 1. The van der Waals surface area contributed by atoms with Crippen LogP contribution in [0.2, 0.25) is 0 Å². The number of aliphatic hydroxyl groups is 1. The number of nitrogens with one attached hydrogen (secondary N) is 1. The number of hydrogen-bond donors (Lipinski definition) is 2. The van der Waals surface area contributed by atoms with Crippen LogP contribution in [0.1, 0.15) is 33.3 Å². The Labute approximate surface area is 186 Å². The van der Waals surface area contributed by atoms with Crippen LogP contribution in [0.5, 0.6) is 5.75 Å². The number of nitrogens with zero attached hydrogens (tertiary/aromatic N) is 3. The van der Waals surface area contributed by atoms with Crippen molar-refractivity contribution in [3.8, 4) is 5.75 Å². The van der Waals surface area contributed by atoms with Crippen molar-refractivity contribution >= 4 is 17.6 Å². The van der Waals surface area contributed by atoms with E-state index in [0.717, 1.165) is 11.3 Å². The first-order valence-corrected chi connectivity index (χ1v) is 10.9. The molecular formula is C23H38N4O4. The van der Waals surface area contributed by atoms with Gasteiger partial charge in [-0.25, -0.2) is 4.79 Å². The maximum Gasteiger partial charge on any atom is 0.317 e. The molecule has 174 valence electrons. The highest BCUT2D eigenvalue weighted by molar-refractivity contribution is 5.80. The molecule has 31 heavy (non-hydrogen) atoms. The summed E-state index contributed by atoms with van der Waals surface area (Å²) in [5.74, 6) is 0.569. The number of carbonyl (C=O) groups is 2. The predicted molar refractivity (Wildman–Crippen MR) is 123 cm³/mol. The van der Waals surface area contributed by atoms with Gasteiger partial charge in [-0.3, -0.25) is 4.79 Å². The number of likely N-dealkylation sites (N-methyl/N-ethyl adjacent to an activating group) is 1. The van der Waals surface area contributed by atoms with E-state index >= 15 is 0 Å². The fourth-order valence-electron chi connectivity index (χ4n) is 3.62. The Morgan fingerprint density at radius 1 is 1.29 bits per heavy atom. The van der Waals surface area contributed by atoms with Gasteiger partial charge in [-0.2, -0.15) is 0 Å². The van der Waals surface area contributed by atoms with E-state index in [1.807, 2.05) is 64.9 Å². The van der Waals surface area contributed by atoms with Crippen LogP contribution in [0.15, 0.2) is 18.2 Å². The third kappa shape index (κ3) is 6.50. The molecule has 0 bridgehead atoms. The summed E-state index contributed by atoms with van der Waals surface area (Å²) in [5, 5.41) is 12.6. The van der Waals surface area contributed by atoms with Crippen molar-refractivity contribution in [2.45, 2.75) is 52.3 Å². The van der Waals surface area contributed by atoms with Gasteiger partial charge in [-0.05, 0) is 39.0 Å². The van der Waals surface area contributed by atoms with E-state index in [2.05, 4.69) is 5.32 Å². The summed E-state index contributed by atoms with van der Waals surface area (Å²) in [5.41, 5.74) is 1.79. The maximum absolute atomic E-state index is 13.1. The molecule has 2 N–H and O–H groups in total. The van der Waals surface area contributed by atoms with Crippen molar-refractivity contribution in [1.82, 2.24) is 15.1 Å². The van der Waals surface area contributed by atoms with E-state index in [4.69, 9.17) is 4.74 Å². The van der Waals surface area contributed by atoms with E-state index in [1.165, 1.54) is 0 Å². The zero-order valence-corrected chi connectivity index (χ0v) is 19.9. The molecule has 3 amide bonds. The first kappa shape index (κ1) is 24.8. The minimum absolute atomic E-state index is 0.0394. The third-order valence-electron chi connectivity index (χ3n) is 5.63. The SMILES string of the molecule is CC(C)NC(=O)N(C)C[C@@H]1Oc2ccc(N(C)C)cc2CC(=O)N([C@H](C)CO)C[C@@H]1C. The second-order valence-electron chi connectivity index (χ2n) is 9.06. The summed E-state index contributed by atoms with van der Waals surface area (Å²) in [6.07, 6.45) is -0.115. The fraction of sp³-hybridized carbons (Fsp3) is 0.652. The van der Waals surface area contributed by atoms with Crippen molar-refractivity contribution in [3.05, 3.63) is 23.8 Å². The molecule has 0 unspecified atom stereocenters. The molecule has 0 saturated carbocycles. The zero-order valence-electron chi connectivity index (χ0n) is 19.9. The molecule has 1 aromatic carbocycles. The number of urea groups is 1. The van der Waals surface area contributed by atoms with Crippen molar-refractivity contribution < 1.29 is 19.4 Å². The van der Waals surface area contributed by atoms with Gasteiger partial charge in [-0.1, -0.05) is 6.92 Å². The van der Waals surface area contributed by atoms with Crippen LogP contribution in [0.3, 0.4) is 0 Å². The Hall–Kier alpha value is -2.48. The molecule has 8 nitrogen and oxygen atoms in total. The molecule has 0 saturated heterocycles. The van der Waals surface area contributed by atoms with Gasteiger partial charge >= 0.3 is 6.03 Å². The molecule has 1 aliphatic rings. The van der Waals surface area contributed by atoms with Gasteiger partial charge in [0.1, 0.15) is 11.9 Å². The van der Waals surface area contributed by atoms with Crippen molar-refractivity contribution in [3.63, 3.8) is 0 Å². The molecule has 2 rings (SSSR count). The lowest BCUT2D eigenvalue weighted by atomic mass is 10.0. The Morgan fingerprint density at radius 2 is 1.97 bits per heavy atom. The van der Waals surface area contributed by atoms with Crippen molar-refractivity contribution in [1.29, 1.82) is 0 Å². The zero-order chi connectivity index (χ0) is 23.3. The molecular weight excluding hydrogens is 396 g/mol. The molecule has 0 spiro atoms. The minimum Gasteiger partial charge on any atom is -0.488 e. The number of aliphatic hydroxyl groups excluding tert-OH is 1. The van der Waals surface area contributed by atoms with E-state index in [1.54, 1.807) is 16.8 Å². The average molecular weight is 435 g/mol. The van der Waals surface area contributed by atoms with E-state index in [-0.39, 0.29) is 49.1 Å². The van der Waals surface area contributed by atoms with Crippen LogP contribution >= 0.6 is 0 Å². The quantitative estimate of drug-likeness (QED) is 0.715. The van der Waals surface area contributed by atoms with E-state index < -0.39 is 0 Å². The van der Waals surface area contributed by atoms with E-state index in [0.29, 0.717) is 18.8 Å². The average Bonchev–Trinajstić information content (AvgIpc) is 2.74. The largest absolute Gasteiger partial charge is 0.488 e. The summed E-state index contributed by atoms with van der Waals surface area (Å²) < 4.78 is 6.42. The van der Waals surface area contributed by atoms with Crippen LogP contribution in [0.25, 0.3) is 0 Å². The van der Waals surface area contributed by atoms with Gasteiger partial charge < -0.3 is 29.9 Å². The second kappa shape index (κ2) is 10.7. The molecule has 8 heteroatoms. The lowest BCUT2D eigenvalue weighted by Gasteiger charge is -2.34. The highest BCUT2D eigenvalue weighted by Crippen LogP contribution is 2.29. The summed E-state index contributed by atoms with van der Waals surface area (Å²) in [6.45, 7) is 8.42. The number of carbonyl (C=O) groups excluding carboxylic acids is 2. The molecule has 1 aromatic rings. The lowest BCUT2D eigenvalue weighted by molar-refractivity contribution is -0.134. The number of amides is 3. The second-order valence-corrected chi connectivity index (χ2v) is 9.06. The van der Waals surface area contributed by atoms with E-state index in [9.17, 15) is 14.7 Å². The number of hydrogen-bond acceptors (Lipinski definition) is 5. The molecule has 0 aromatic heterocycles. The maximum atomic E-state index is 13.1. The van der Waals surface area contributed by atoms with Gasteiger partial charge in [-0.15, -0.1) is 0 Å². The molecule has 1 aliphatic heterocycles. The summed E-state index contributed by atoms with van der Waals surface area (Å²) >= 11 is 0. The molecule has 3 atom stereocenters. The van der Waals surface area contributed by atoms with Crippen LogP contribution in [-0.2, 0) is 11.2 Å². The van der Waals surface area contributed by atoms with Crippen LogP contribution in [0.4, 0.5) is 10.5 Å². The van der Waals surface area contributed by atoms with Gasteiger partial charge in [0.05, 0.1) is 25.6 Å². The fourth-order valence-corrected chi connectivity index (χ4v) is 3.62. The Bertz CT molecular complexity index is 768. The number of fused-ring (bicyclic) bond motifs is 1. The highest BCUT2D eigenvalue weighted by atomic mass is 16.5. The third-order valence-corrected chi connectivity index (χ3v) is 5.63. The van der Waals surface area contributed by atoms with Crippen LogP contribution in [0, 0.1) is 5.92 Å². The predicted octanol–water partition coefficient (Wildman–Crippen LogP) is 1.95. The van der Waals surface area contributed by atoms with Crippen LogP contribution in [-0.4, -0.2) is 85.9 Å². The first-order chi connectivity index (χ1) is 14.5. The number of rotatable bonds is 6. The number of benzene rings is 1. The van der Waals surface area contributed by atoms with Gasteiger partial charge in [0, 0.05) is 50.9 Å². The normalized spacial score (nSPS) is 20.2. The number of anilines is 1. The lowest BCUT2D eigenvalue weighted by Crippen LogP contribution is -2.49. The molecule has 0 radical (unpaired) electrons. The standard InChI is InChI=1S/C23H38N4O4/c1-15(2)24-23(30)26(7)13-21-16(3)12-27(17(4)14-28)22(29)11-18-10-19(25(5)6)8-9-20(18)31-21/h8-10,15-17,21,28H,11-14H2,1-7H3,(H,24,30)/t16-,17+,21-/m0/s1. The smallest absolute Gasteiger partial charge is 0.317 e. The van der Waals surface area contributed by atoms with Crippen molar-refractivity contribution in [2.75, 3.05) is 45.7 Å². The Kier molecular flexibility index (Phi) is 8.56. The molecule has 1 heterocycles. The van der Waals surface area contributed by atoms with Gasteiger partial charge in [0.15, 0.2) is 0 Å². The molecule has 0 aliphatic carbocycles. The topological polar surface area (TPSA) is 85.4 Å².